The third kappa shape index (κ3) is 23.6. The lowest BCUT2D eigenvalue weighted by Crippen LogP contribution is -2.23. The summed E-state index contributed by atoms with van der Waals surface area (Å²) >= 11 is 0. The predicted octanol–water partition coefficient (Wildman–Crippen LogP) is 7.65. The van der Waals surface area contributed by atoms with Crippen LogP contribution in [0.1, 0.15) is 135 Å². The van der Waals surface area contributed by atoms with Gasteiger partial charge in [-0.3, -0.25) is 0 Å². The van der Waals surface area contributed by atoms with E-state index in [0.717, 1.165) is 19.4 Å². The highest BCUT2D eigenvalue weighted by Crippen LogP contribution is 2.13. The van der Waals surface area contributed by atoms with Crippen LogP contribution in [0, 0.1) is 0 Å². The van der Waals surface area contributed by atoms with E-state index >= 15 is 0 Å². The summed E-state index contributed by atoms with van der Waals surface area (Å²) in [7, 11) is 0. The molecule has 4 N–H and O–H groups in total. The van der Waals surface area contributed by atoms with Crippen LogP contribution in [0.5, 0.6) is 0 Å². The molecular weight excluding hydrogens is 328 g/mol. The summed E-state index contributed by atoms with van der Waals surface area (Å²) < 4.78 is 0. The summed E-state index contributed by atoms with van der Waals surface area (Å²) in [5, 5.41) is 0. The Bertz CT molecular complexity index is 288. The van der Waals surface area contributed by atoms with Crippen LogP contribution in [0.4, 0.5) is 0 Å². The molecule has 0 spiro atoms. The molecule has 0 saturated heterocycles. The Morgan fingerprint density at radius 3 is 1.41 bits per heavy atom. The fraction of sp³-hybridized carbons (Fsp3) is 0.920. The zero-order valence-electron chi connectivity index (χ0n) is 18.7. The van der Waals surface area contributed by atoms with E-state index in [-0.39, 0.29) is 0 Å². The first-order chi connectivity index (χ1) is 13.3. The molecule has 0 amide bonds. The molecule has 27 heavy (non-hydrogen) atoms. The Kier molecular flexibility index (Phi) is 23.4. The van der Waals surface area contributed by atoms with Crippen molar-refractivity contribution in [1.82, 2.24) is 0 Å². The van der Waals surface area contributed by atoms with Crippen LogP contribution >= 0.6 is 0 Å². The van der Waals surface area contributed by atoms with Crippen LogP contribution in [0.15, 0.2) is 12.2 Å². The van der Waals surface area contributed by atoms with Crippen LogP contribution in [0.2, 0.25) is 0 Å². The second kappa shape index (κ2) is 23.7. The normalized spacial score (nSPS) is 12.9. The first-order valence-electron chi connectivity index (χ1n) is 12.4. The van der Waals surface area contributed by atoms with Crippen molar-refractivity contribution in [1.29, 1.82) is 0 Å². The van der Waals surface area contributed by atoms with E-state index in [4.69, 9.17) is 11.5 Å². The van der Waals surface area contributed by atoms with Crippen molar-refractivity contribution in [2.45, 2.75) is 141 Å². The molecule has 0 aromatic carbocycles. The second-order valence-corrected chi connectivity index (χ2v) is 8.48. The van der Waals surface area contributed by atoms with Gasteiger partial charge >= 0.3 is 0 Å². The van der Waals surface area contributed by atoms with Crippen molar-refractivity contribution in [2.75, 3.05) is 6.54 Å². The fourth-order valence-corrected chi connectivity index (χ4v) is 3.72. The van der Waals surface area contributed by atoms with Crippen LogP contribution in [-0.4, -0.2) is 12.6 Å². The molecule has 1 unspecified atom stereocenters. The van der Waals surface area contributed by atoms with Crippen molar-refractivity contribution >= 4 is 0 Å². The van der Waals surface area contributed by atoms with E-state index < -0.39 is 0 Å². The molecule has 0 aliphatic heterocycles. The van der Waals surface area contributed by atoms with Crippen molar-refractivity contribution in [2.24, 2.45) is 11.5 Å². The molecule has 0 heterocycles. The lowest BCUT2D eigenvalue weighted by molar-refractivity contribution is 0.508. The standard InChI is InChI=1S/C25H52N2/c1-2-3-4-5-6-7-8-9-10-11-12-13-14-15-16-17-18-19-20-21-22-25(27)23-24-26/h9-10,25H,2-8,11-24,26-27H2,1H3/b10-9-. The highest BCUT2D eigenvalue weighted by atomic mass is 14.6. The van der Waals surface area contributed by atoms with Crippen LogP contribution < -0.4 is 11.5 Å². The van der Waals surface area contributed by atoms with Gasteiger partial charge in [0.15, 0.2) is 0 Å². The van der Waals surface area contributed by atoms with Gasteiger partial charge < -0.3 is 11.5 Å². The summed E-state index contributed by atoms with van der Waals surface area (Å²) in [6, 6.07) is 0.334. The van der Waals surface area contributed by atoms with E-state index in [9.17, 15) is 0 Å². The largest absolute Gasteiger partial charge is 0.330 e. The molecule has 2 heteroatoms. The molecule has 1 atom stereocenters. The van der Waals surface area contributed by atoms with E-state index in [1.807, 2.05) is 0 Å². The first-order valence-corrected chi connectivity index (χ1v) is 12.4. The van der Waals surface area contributed by atoms with Gasteiger partial charge in [-0.1, -0.05) is 109 Å². The quantitative estimate of drug-likeness (QED) is 0.150. The zero-order valence-corrected chi connectivity index (χ0v) is 18.7. The predicted molar refractivity (Wildman–Crippen MR) is 124 cm³/mol. The van der Waals surface area contributed by atoms with Gasteiger partial charge in [0.1, 0.15) is 0 Å². The summed E-state index contributed by atoms with van der Waals surface area (Å²) in [6.45, 7) is 3.02. The molecule has 0 saturated carbocycles. The van der Waals surface area contributed by atoms with E-state index in [1.165, 1.54) is 116 Å². The molecule has 2 nitrogen and oxygen atoms in total. The summed E-state index contributed by atoms with van der Waals surface area (Å²) in [4.78, 5) is 0. The number of allylic oxidation sites excluding steroid dienone is 2. The lowest BCUT2D eigenvalue weighted by Gasteiger charge is -2.09. The topological polar surface area (TPSA) is 52.0 Å². The maximum Gasteiger partial charge on any atom is 0.00508 e. The lowest BCUT2D eigenvalue weighted by atomic mass is 10.0. The number of rotatable bonds is 22. The van der Waals surface area contributed by atoms with Gasteiger partial charge in [0, 0.05) is 6.04 Å². The van der Waals surface area contributed by atoms with Gasteiger partial charge in [0.2, 0.25) is 0 Å². The van der Waals surface area contributed by atoms with Crippen LogP contribution in [0.25, 0.3) is 0 Å². The van der Waals surface area contributed by atoms with Crippen molar-refractivity contribution in [3.05, 3.63) is 12.2 Å². The minimum Gasteiger partial charge on any atom is -0.330 e. The molecule has 0 radical (unpaired) electrons. The second-order valence-electron chi connectivity index (χ2n) is 8.48. The Hall–Kier alpha value is -0.340. The summed E-state index contributed by atoms with van der Waals surface area (Å²) in [5.74, 6) is 0. The smallest absolute Gasteiger partial charge is 0.00508 e. The minimum absolute atomic E-state index is 0.334. The summed E-state index contributed by atoms with van der Waals surface area (Å²) in [6.07, 6.45) is 32.0. The minimum atomic E-state index is 0.334. The molecule has 0 fully saturated rings. The van der Waals surface area contributed by atoms with Crippen LogP contribution in [-0.2, 0) is 0 Å². The Morgan fingerprint density at radius 1 is 0.556 bits per heavy atom. The number of hydrogen-bond acceptors (Lipinski definition) is 2. The first kappa shape index (κ1) is 26.7. The highest BCUT2D eigenvalue weighted by Gasteiger charge is 2.00. The maximum absolute atomic E-state index is 5.98. The highest BCUT2D eigenvalue weighted by molar-refractivity contribution is 4.81. The van der Waals surface area contributed by atoms with E-state index in [2.05, 4.69) is 19.1 Å². The monoisotopic (exact) mass is 380 g/mol. The van der Waals surface area contributed by atoms with Gasteiger partial charge in [-0.2, -0.15) is 0 Å². The van der Waals surface area contributed by atoms with Gasteiger partial charge in [-0.15, -0.1) is 0 Å². The molecule has 162 valence electrons. The Labute approximate surface area is 171 Å². The molecular formula is C25H52N2. The number of unbranched alkanes of at least 4 members (excludes halogenated alkanes) is 16. The van der Waals surface area contributed by atoms with Gasteiger partial charge in [-0.25, -0.2) is 0 Å². The molecule has 0 bridgehead atoms. The molecule has 0 aliphatic carbocycles. The van der Waals surface area contributed by atoms with Crippen molar-refractivity contribution in [3.8, 4) is 0 Å². The van der Waals surface area contributed by atoms with Crippen LogP contribution in [0.3, 0.4) is 0 Å². The maximum atomic E-state index is 5.98. The average Bonchev–Trinajstić information content (AvgIpc) is 2.66. The molecule has 0 rings (SSSR count). The average molecular weight is 381 g/mol. The molecule has 0 aromatic rings. The zero-order chi connectivity index (χ0) is 19.8. The Morgan fingerprint density at radius 2 is 0.963 bits per heavy atom. The third-order valence-corrected chi connectivity index (χ3v) is 5.62. The summed E-state index contributed by atoms with van der Waals surface area (Å²) in [5.41, 5.74) is 11.5. The van der Waals surface area contributed by atoms with E-state index in [1.54, 1.807) is 0 Å². The van der Waals surface area contributed by atoms with Gasteiger partial charge in [0.25, 0.3) is 0 Å². The molecule has 0 aliphatic rings. The Balaban J connectivity index is 3.09. The third-order valence-electron chi connectivity index (χ3n) is 5.62. The fourth-order valence-electron chi connectivity index (χ4n) is 3.72. The SMILES string of the molecule is CCCCCCCC/C=C\CCCCCCCCCCCCC(N)CCN. The van der Waals surface area contributed by atoms with Gasteiger partial charge in [0.05, 0.1) is 0 Å². The van der Waals surface area contributed by atoms with Crippen molar-refractivity contribution < 1.29 is 0 Å². The van der Waals surface area contributed by atoms with E-state index in [0.29, 0.717) is 6.04 Å². The number of hydrogen-bond donors (Lipinski definition) is 2. The van der Waals surface area contributed by atoms with Crippen molar-refractivity contribution in [3.63, 3.8) is 0 Å². The molecule has 0 aromatic heterocycles. The number of nitrogens with two attached hydrogens (primary N) is 2. The van der Waals surface area contributed by atoms with Gasteiger partial charge in [-0.05, 0) is 45.1 Å².